The second-order valence-corrected chi connectivity index (χ2v) is 18.7. The quantitative estimate of drug-likeness (QED) is 0.161. The fourth-order valence-corrected chi connectivity index (χ4v) is 12.6. The number of hydrogen-bond donors (Lipinski definition) is 0. The summed E-state index contributed by atoms with van der Waals surface area (Å²) in [4.78, 5) is 2.37. The lowest BCUT2D eigenvalue weighted by molar-refractivity contribution is 0.633. The fourth-order valence-electron chi connectivity index (χ4n) is 12.6. The maximum Gasteiger partial charge on any atom is 0.0720 e. The van der Waals surface area contributed by atoms with Crippen LogP contribution >= 0.6 is 0 Å². The van der Waals surface area contributed by atoms with E-state index in [1.165, 1.54) is 100 Å². The van der Waals surface area contributed by atoms with Crippen LogP contribution in [-0.4, -0.2) is 0 Å². The Kier molecular flexibility index (Phi) is 8.78. The molecule has 0 atom stereocenters. The number of rotatable bonds is 6. The standard InChI is InChI=1S/C68H45N/c1-3-18-46(19-4-1)48-34-40-51(41-35-48)69(52-42-36-49(37-43-52)47-20-5-2-6-21-47)53-44-38-50(39-45-53)54-25-17-33-65-66(54)57-24-9-12-28-60(57)68(65)63-31-15-13-29-61(63)67(62-30-14-16-32-64(62)68)58-26-10-7-22-55(58)56-23-8-11-27-59(56)67/h1-45H. The molecule has 1 nitrogen and oxygen atoms in total. The van der Waals surface area contributed by atoms with Crippen molar-refractivity contribution in [3.05, 3.63) is 317 Å². The number of anilines is 3. The average Bonchev–Trinajstić information content (AvgIpc) is 3.90. The van der Waals surface area contributed by atoms with Crippen molar-refractivity contribution in [3.63, 3.8) is 0 Å². The summed E-state index contributed by atoms with van der Waals surface area (Å²) in [5.74, 6) is 0. The summed E-state index contributed by atoms with van der Waals surface area (Å²) in [6, 6.07) is 102. The third-order valence-corrected chi connectivity index (χ3v) is 15.4. The monoisotopic (exact) mass is 875 g/mol. The smallest absolute Gasteiger partial charge is 0.0720 e. The van der Waals surface area contributed by atoms with Crippen LogP contribution in [-0.2, 0) is 10.8 Å². The first-order chi connectivity index (χ1) is 34.2. The van der Waals surface area contributed by atoms with Crippen molar-refractivity contribution in [3.8, 4) is 55.6 Å². The molecular formula is C68H45N. The molecule has 11 aromatic rings. The van der Waals surface area contributed by atoms with Crippen molar-refractivity contribution in [2.45, 2.75) is 10.8 Å². The number of nitrogens with zero attached hydrogens (tertiary/aromatic N) is 1. The summed E-state index contributed by atoms with van der Waals surface area (Å²) < 4.78 is 0. The Hall–Kier alpha value is -8.78. The Morgan fingerprint density at radius 2 is 0.478 bits per heavy atom. The Labute approximate surface area is 403 Å². The summed E-state index contributed by atoms with van der Waals surface area (Å²) in [5, 5.41) is 0. The van der Waals surface area contributed by atoms with Gasteiger partial charge in [-0.2, -0.15) is 0 Å². The van der Waals surface area contributed by atoms with Crippen LogP contribution in [0.4, 0.5) is 17.1 Å². The van der Waals surface area contributed by atoms with E-state index in [1.54, 1.807) is 0 Å². The first kappa shape index (κ1) is 39.4. The van der Waals surface area contributed by atoms with Crippen LogP contribution in [0.2, 0.25) is 0 Å². The van der Waals surface area contributed by atoms with Crippen LogP contribution in [0.3, 0.4) is 0 Å². The molecule has 322 valence electrons. The van der Waals surface area contributed by atoms with Gasteiger partial charge in [-0.05, 0) is 137 Å². The van der Waals surface area contributed by atoms with Crippen molar-refractivity contribution in [1.82, 2.24) is 0 Å². The lowest BCUT2D eigenvalue weighted by Crippen LogP contribution is -2.43. The first-order valence-corrected chi connectivity index (χ1v) is 24.1. The second-order valence-electron chi connectivity index (χ2n) is 18.7. The van der Waals surface area contributed by atoms with E-state index in [4.69, 9.17) is 0 Å². The largest absolute Gasteiger partial charge is 0.311 e. The van der Waals surface area contributed by atoms with Gasteiger partial charge >= 0.3 is 0 Å². The molecule has 69 heavy (non-hydrogen) atoms. The van der Waals surface area contributed by atoms with E-state index in [9.17, 15) is 0 Å². The highest BCUT2D eigenvalue weighted by Gasteiger charge is 2.59. The highest BCUT2D eigenvalue weighted by atomic mass is 15.1. The third kappa shape index (κ3) is 5.59. The molecule has 3 aliphatic carbocycles. The highest BCUT2D eigenvalue weighted by molar-refractivity contribution is 5.98. The van der Waals surface area contributed by atoms with E-state index in [0.29, 0.717) is 0 Å². The first-order valence-electron chi connectivity index (χ1n) is 24.1. The van der Waals surface area contributed by atoms with Gasteiger partial charge in [0.05, 0.1) is 10.8 Å². The molecule has 0 radical (unpaired) electrons. The van der Waals surface area contributed by atoms with E-state index in [-0.39, 0.29) is 0 Å². The molecule has 0 saturated carbocycles. The highest BCUT2D eigenvalue weighted by Crippen LogP contribution is 2.68. The van der Waals surface area contributed by atoms with Gasteiger partial charge < -0.3 is 4.90 Å². The zero-order chi connectivity index (χ0) is 45.5. The van der Waals surface area contributed by atoms with Crippen molar-refractivity contribution in [2.75, 3.05) is 4.90 Å². The van der Waals surface area contributed by atoms with Crippen LogP contribution in [0, 0.1) is 0 Å². The maximum absolute atomic E-state index is 2.43. The molecule has 14 rings (SSSR count). The van der Waals surface area contributed by atoms with Crippen molar-refractivity contribution < 1.29 is 0 Å². The van der Waals surface area contributed by atoms with E-state index in [2.05, 4.69) is 278 Å². The zero-order valence-corrected chi connectivity index (χ0v) is 37.9. The molecule has 0 bridgehead atoms. The van der Waals surface area contributed by atoms with Gasteiger partial charge in [-0.3, -0.25) is 0 Å². The van der Waals surface area contributed by atoms with Gasteiger partial charge in [-0.25, -0.2) is 0 Å². The lowest BCUT2D eigenvalue weighted by atomic mass is 9.52. The Morgan fingerprint density at radius 1 is 0.188 bits per heavy atom. The van der Waals surface area contributed by atoms with Gasteiger partial charge in [0.15, 0.2) is 0 Å². The van der Waals surface area contributed by atoms with E-state index in [1.807, 2.05) is 0 Å². The number of benzene rings is 11. The topological polar surface area (TPSA) is 3.24 Å². The molecule has 0 aromatic heterocycles. The van der Waals surface area contributed by atoms with Crippen LogP contribution < -0.4 is 4.90 Å². The summed E-state index contributed by atoms with van der Waals surface area (Å²) in [6.07, 6.45) is 0. The van der Waals surface area contributed by atoms with Gasteiger partial charge in [0, 0.05) is 17.1 Å². The molecule has 0 N–H and O–H groups in total. The Bertz CT molecular complexity index is 3580. The molecule has 11 aromatic carbocycles. The second kappa shape index (κ2) is 15.4. The van der Waals surface area contributed by atoms with Gasteiger partial charge in [0.2, 0.25) is 0 Å². The SMILES string of the molecule is c1ccc(-c2ccc(N(c3ccc(-c4ccccc4)cc3)c3ccc(-c4cccc5c4-c4ccccc4C54c5ccccc5C5(c6ccccc6-c6ccccc65)c5ccccc54)cc3)cc2)cc1. The van der Waals surface area contributed by atoms with Crippen molar-refractivity contribution in [1.29, 1.82) is 0 Å². The Morgan fingerprint density at radius 3 is 0.913 bits per heavy atom. The fraction of sp³-hybridized carbons (Fsp3) is 0.0294. The molecule has 3 aliphatic rings. The molecule has 0 unspecified atom stereocenters. The molecule has 0 fully saturated rings. The molecule has 0 amide bonds. The Balaban J connectivity index is 0.933. The predicted molar refractivity (Wildman–Crippen MR) is 286 cm³/mol. The van der Waals surface area contributed by atoms with E-state index >= 15 is 0 Å². The zero-order valence-electron chi connectivity index (χ0n) is 37.9. The van der Waals surface area contributed by atoms with Gasteiger partial charge in [0.1, 0.15) is 0 Å². The average molecular weight is 876 g/mol. The van der Waals surface area contributed by atoms with Crippen molar-refractivity contribution in [2.24, 2.45) is 0 Å². The normalized spacial score (nSPS) is 13.7. The lowest BCUT2D eigenvalue weighted by Gasteiger charge is -2.48. The maximum atomic E-state index is 2.43. The van der Waals surface area contributed by atoms with Gasteiger partial charge in [-0.1, -0.05) is 237 Å². The minimum atomic E-state index is -0.540. The minimum Gasteiger partial charge on any atom is -0.311 e. The summed E-state index contributed by atoms with van der Waals surface area (Å²) >= 11 is 0. The summed E-state index contributed by atoms with van der Waals surface area (Å²) in [7, 11) is 0. The minimum absolute atomic E-state index is 0.466. The molecule has 0 heterocycles. The summed E-state index contributed by atoms with van der Waals surface area (Å²) in [6.45, 7) is 0. The van der Waals surface area contributed by atoms with Crippen molar-refractivity contribution >= 4 is 17.1 Å². The predicted octanol–water partition coefficient (Wildman–Crippen LogP) is 17.2. The van der Waals surface area contributed by atoms with Gasteiger partial charge in [-0.15, -0.1) is 0 Å². The van der Waals surface area contributed by atoms with Crippen LogP contribution in [0.25, 0.3) is 55.6 Å². The third-order valence-electron chi connectivity index (χ3n) is 15.4. The van der Waals surface area contributed by atoms with E-state index < -0.39 is 10.8 Å². The van der Waals surface area contributed by atoms with Crippen LogP contribution in [0.5, 0.6) is 0 Å². The molecule has 2 spiro atoms. The van der Waals surface area contributed by atoms with E-state index in [0.717, 1.165) is 17.1 Å². The number of fused-ring (bicyclic) bond motifs is 16. The molecular weight excluding hydrogens is 831 g/mol. The molecule has 0 saturated heterocycles. The number of hydrogen-bond acceptors (Lipinski definition) is 1. The summed E-state index contributed by atoms with van der Waals surface area (Å²) in [5.41, 5.74) is 25.5. The molecule has 1 heteroatoms. The van der Waals surface area contributed by atoms with Crippen LogP contribution in [0.15, 0.2) is 273 Å². The van der Waals surface area contributed by atoms with Crippen LogP contribution in [0.1, 0.15) is 44.5 Å². The molecule has 0 aliphatic heterocycles. The van der Waals surface area contributed by atoms with Gasteiger partial charge in [0.25, 0.3) is 0 Å².